The topological polar surface area (TPSA) is 52.6 Å². The van der Waals surface area contributed by atoms with E-state index >= 15 is 0 Å². The fourth-order valence-electron chi connectivity index (χ4n) is 3.28. The zero-order chi connectivity index (χ0) is 22.2. The van der Waals surface area contributed by atoms with Gasteiger partial charge in [-0.2, -0.15) is 0 Å². The molecule has 0 radical (unpaired) electrons. The van der Waals surface area contributed by atoms with Crippen molar-refractivity contribution in [1.29, 1.82) is 0 Å². The summed E-state index contributed by atoms with van der Waals surface area (Å²) in [6.45, 7) is 0.869. The van der Waals surface area contributed by atoms with Crippen LogP contribution in [-0.2, 0) is 13.2 Å². The van der Waals surface area contributed by atoms with Crippen LogP contribution < -0.4 is 9.47 Å². The Labute approximate surface area is 187 Å². The van der Waals surface area contributed by atoms with Crippen molar-refractivity contribution in [3.05, 3.63) is 119 Å². The van der Waals surface area contributed by atoms with Crippen LogP contribution in [0.5, 0.6) is 11.5 Å². The maximum absolute atomic E-state index is 10.9. The second-order valence-electron chi connectivity index (χ2n) is 7.35. The summed E-state index contributed by atoms with van der Waals surface area (Å²) < 4.78 is 11.6. The summed E-state index contributed by atoms with van der Waals surface area (Å²) in [7, 11) is 0. The smallest absolute Gasteiger partial charge is 0.150 e. The minimum Gasteiger partial charge on any atom is -0.489 e. The van der Waals surface area contributed by atoms with Gasteiger partial charge in [0.1, 0.15) is 37.3 Å². The lowest BCUT2D eigenvalue weighted by Gasteiger charge is -2.09. The lowest BCUT2D eigenvalue weighted by Crippen LogP contribution is -1.96. The van der Waals surface area contributed by atoms with Crippen molar-refractivity contribution < 1.29 is 19.1 Å². The van der Waals surface area contributed by atoms with E-state index in [9.17, 15) is 9.59 Å². The number of carbonyl (C=O) groups excluding carboxylic acids is 2. The molecule has 0 saturated heterocycles. The van der Waals surface area contributed by atoms with Crippen LogP contribution in [0, 0.1) is 0 Å². The van der Waals surface area contributed by atoms with Gasteiger partial charge in [-0.25, -0.2) is 0 Å². The minimum atomic E-state index is 0.435. The first kappa shape index (κ1) is 21.1. The first-order valence-electron chi connectivity index (χ1n) is 10.3. The Morgan fingerprint density at radius 1 is 0.531 bits per heavy atom. The molecule has 4 aromatic carbocycles. The predicted octanol–water partition coefficient (Wildman–Crippen LogP) is 6.14. The van der Waals surface area contributed by atoms with E-state index in [1.807, 2.05) is 36.4 Å². The van der Waals surface area contributed by atoms with Crippen LogP contribution in [0.4, 0.5) is 0 Å². The largest absolute Gasteiger partial charge is 0.489 e. The van der Waals surface area contributed by atoms with Crippen LogP contribution in [0.3, 0.4) is 0 Å². The molecule has 4 aromatic rings. The second kappa shape index (κ2) is 10.2. The molecule has 0 saturated carbocycles. The molecule has 0 aliphatic heterocycles. The zero-order valence-corrected chi connectivity index (χ0v) is 17.4. The van der Waals surface area contributed by atoms with Gasteiger partial charge in [0.25, 0.3) is 0 Å². The third-order valence-corrected chi connectivity index (χ3v) is 5.04. The molecule has 0 fully saturated rings. The maximum atomic E-state index is 10.9. The summed E-state index contributed by atoms with van der Waals surface area (Å²) in [6, 6.07) is 30.7. The van der Waals surface area contributed by atoms with Crippen LogP contribution >= 0.6 is 0 Å². The van der Waals surface area contributed by atoms with Crippen LogP contribution in [0.1, 0.15) is 31.8 Å². The molecule has 0 amide bonds. The fraction of sp³-hybridized carbons (Fsp3) is 0.0714. The van der Waals surface area contributed by atoms with Crippen LogP contribution in [-0.4, -0.2) is 12.6 Å². The van der Waals surface area contributed by atoms with Gasteiger partial charge in [-0.15, -0.1) is 0 Å². The number of ether oxygens (including phenoxy) is 2. The Morgan fingerprint density at radius 3 is 1.31 bits per heavy atom. The van der Waals surface area contributed by atoms with Crippen molar-refractivity contribution in [3.63, 3.8) is 0 Å². The van der Waals surface area contributed by atoms with Gasteiger partial charge in [-0.05, 0) is 46.5 Å². The average Bonchev–Trinajstić information content (AvgIpc) is 2.87. The van der Waals surface area contributed by atoms with E-state index in [2.05, 4.69) is 24.3 Å². The van der Waals surface area contributed by atoms with Crippen LogP contribution in [0.2, 0.25) is 0 Å². The molecule has 4 rings (SSSR count). The van der Waals surface area contributed by atoms with Gasteiger partial charge in [-0.3, -0.25) is 9.59 Å². The standard InChI is InChI=1S/C28H22O4/c29-17-23-3-1-5-27(15-23)31-19-21-7-11-25(12-8-21)26-13-9-22(10-14-26)20-32-28-6-2-4-24(16-28)18-30/h1-18H,19-20H2. The summed E-state index contributed by atoms with van der Waals surface area (Å²) in [5, 5.41) is 0. The van der Waals surface area contributed by atoms with Crippen molar-refractivity contribution >= 4 is 12.6 Å². The van der Waals surface area contributed by atoms with Crippen molar-refractivity contribution in [2.45, 2.75) is 13.2 Å². The Bertz CT molecular complexity index is 1100. The summed E-state index contributed by atoms with van der Waals surface area (Å²) in [4.78, 5) is 21.8. The zero-order valence-electron chi connectivity index (χ0n) is 17.4. The quantitative estimate of drug-likeness (QED) is 0.304. The maximum Gasteiger partial charge on any atom is 0.150 e. The predicted molar refractivity (Wildman–Crippen MR) is 124 cm³/mol. The summed E-state index contributed by atoms with van der Waals surface area (Å²) in [5.74, 6) is 1.35. The highest BCUT2D eigenvalue weighted by Crippen LogP contribution is 2.22. The third kappa shape index (κ3) is 5.49. The fourth-order valence-corrected chi connectivity index (χ4v) is 3.28. The molecule has 0 heterocycles. The summed E-state index contributed by atoms with van der Waals surface area (Å²) >= 11 is 0. The molecular weight excluding hydrogens is 400 g/mol. The van der Waals surface area contributed by atoms with Crippen LogP contribution in [0.15, 0.2) is 97.1 Å². The molecular formula is C28H22O4. The SMILES string of the molecule is O=Cc1cccc(OCc2ccc(-c3ccc(COc4cccc(C=O)c4)cc3)cc2)c1. The van der Waals surface area contributed by atoms with E-state index < -0.39 is 0 Å². The second-order valence-corrected chi connectivity index (χ2v) is 7.35. The number of carbonyl (C=O) groups is 2. The van der Waals surface area contributed by atoms with Gasteiger partial charge in [0.2, 0.25) is 0 Å². The van der Waals surface area contributed by atoms with E-state index in [-0.39, 0.29) is 0 Å². The molecule has 0 aliphatic carbocycles. The average molecular weight is 422 g/mol. The van der Waals surface area contributed by atoms with Gasteiger partial charge in [0, 0.05) is 11.1 Å². The lowest BCUT2D eigenvalue weighted by atomic mass is 10.0. The summed E-state index contributed by atoms with van der Waals surface area (Å²) in [6.07, 6.45) is 1.62. The number of hydrogen-bond donors (Lipinski definition) is 0. The number of aldehydes is 2. The molecule has 4 heteroatoms. The first-order valence-corrected chi connectivity index (χ1v) is 10.3. The highest BCUT2D eigenvalue weighted by molar-refractivity contribution is 5.75. The van der Waals surface area contributed by atoms with Crippen molar-refractivity contribution in [3.8, 4) is 22.6 Å². The number of hydrogen-bond acceptors (Lipinski definition) is 4. The molecule has 0 spiro atoms. The van der Waals surface area contributed by atoms with E-state index in [0.717, 1.165) is 34.8 Å². The van der Waals surface area contributed by atoms with Gasteiger partial charge < -0.3 is 9.47 Å². The number of rotatable bonds is 9. The third-order valence-electron chi connectivity index (χ3n) is 5.04. The highest BCUT2D eigenvalue weighted by atomic mass is 16.5. The summed E-state index contributed by atoms with van der Waals surface area (Å²) in [5.41, 5.74) is 5.52. The number of benzene rings is 4. The normalized spacial score (nSPS) is 10.4. The Hall–Kier alpha value is -4.18. The van der Waals surface area contributed by atoms with Gasteiger partial charge >= 0.3 is 0 Å². The van der Waals surface area contributed by atoms with Crippen LogP contribution in [0.25, 0.3) is 11.1 Å². The van der Waals surface area contributed by atoms with Crippen molar-refractivity contribution in [2.24, 2.45) is 0 Å². The van der Waals surface area contributed by atoms with E-state index in [4.69, 9.17) is 9.47 Å². The first-order chi connectivity index (χ1) is 15.7. The molecule has 0 atom stereocenters. The molecule has 0 N–H and O–H groups in total. The molecule has 0 aromatic heterocycles. The molecule has 0 unspecified atom stereocenters. The minimum absolute atomic E-state index is 0.435. The molecule has 0 bridgehead atoms. The van der Waals surface area contributed by atoms with Crippen molar-refractivity contribution in [1.82, 2.24) is 0 Å². The van der Waals surface area contributed by atoms with E-state index in [1.165, 1.54) is 0 Å². The van der Waals surface area contributed by atoms with Gasteiger partial charge in [-0.1, -0.05) is 72.8 Å². The Kier molecular flexibility index (Phi) is 6.73. The van der Waals surface area contributed by atoms with E-state index in [0.29, 0.717) is 35.8 Å². The molecule has 158 valence electrons. The molecule has 32 heavy (non-hydrogen) atoms. The van der Waals surface area contributed by atoms with Crippen molar-refractivity contribution in [2.75, 3.05) is 0 Å². The van der Waals surface area contributed by atoms with Gasteiger partial charge in [0.05, 0.1) is 0 Å². The monoisotopic (exact) mass is 422 g/mol. The lowest BCUT2D eigenvalue weighted by molar-refractivity contribution is 0.111. The van der Waals surface area contributed by atoms with Gasteiger partial charge in [0.15, 0.2) is 0 Å². The Morgan fingerprint density at radius 2 is 0.938 bits per heavy atom. The highest BCUT2D eigenvalue weighted by Gasteiger charge is 2.02. The molecule has 4 nitrogen and oxygen atoms in total. The Balaban J connectivity index is 1.34. The van der Waals surface area contributed by atoms with E-state index in [1.54, 1.807) is 36.4 Å². The molecule has 0 aliphatic rings.